The van der Waals surface area contributed by atoms with Crippen LogP contribution in [0.15, 0.2) is 41.8 Å². The van der Waals surface area contributed by atoms with Gasteiger partial charge in [0.25, 0.3) is 0 Å². The Morgan fingerprint density at radius 2 is 1.86 bits per heavy atom. The summed E-state index contributed by atoms with van der Waals surface area (Å²) in [4.78, 5) is 31.9. The molecule has 3 rings (SSSR count). The molecule has 0 fully saturated rings. The zero-order valence-electron chi connectivity index (χ0n) is 16.7. The third-order valence-corrected chi connectivity index (χ3v) is 6.14. The Balaban J connectivity index is 1.51. The van der Waals surface area contributed by atoms with E-state index < -0.39 is 0 Å². The summed E-state index contributed by atoms with van der Waals surface area (Å²) in [5, 5.41) is 8.21. The minimum Gasteiger partial charge on any atom is -0.378 e. The molecule has 0 atom stereocenters. The summed E-state index contributed by atoms with van der Waals surface area (Å²) in [6.07, 6.45) is 1.10. The summed E-state index contributed by atoms with van der Waals surface area (Å²) >= 11 is 3.00. The molecule has 0 aliphatic carbocycles. The number of amides is 2. The molecule has 0 aliphatic rings. The van der Waals surface area contributed by atoms with Gasteiger partial charge in [-0.15, -0.1) is 22.7 Å². The van der Waals surface area contributed by atoms with Gasteiger partial charge in [0.05, 0.1) is 17.1 Å². The smallest absolute Gasteiger partial charge is 0.226 e. The lowest BCUT2D eigenvalue weighted by Crippen LogP contribution is -2.17. The van der Waals surface area contributed by atoms with Crippen LogP contribution in [0.4, 0.5) is 10.8 Å². The highest BCUT2D eigenvalue weighted by Gasteiger charge is 2.10. The van der Waals surface area contributed by atoms with E-state index in [4.69, 9.17) is 0 Å². The molecular formula is C21H24N4O2S2. The van der Waals surface area contributed by atoms with E-state index in [0.29, 0.717) is 24.5 Å². The predicted molar refractivity (Wildman–Crippen MR) is 121 cm³/mol. The molecule has 0 saturated carbocycles. The van der Waals surface area contributed by atoms with E-state index in [0.717, 1.165) is 26.7 Å². The van der Waals surface area contributed by atoms with Gasteiger partial charge in [0.15, 0.2) is 5.13 Å². The molecule has 6 nitrogen and oxygen atoms in total. The number of hydrogen-bond donors (Lipinski definition) is 2. The molecule has 2 aromatic heterocycles. The van der Waals surface area contributed by atoms with E-state index in [-0.39, 0.29) is 11.8 Å². The SMILES string of the molecule is CC(=O)NCc1ccc(-c2csc(NC(=O)CCc3ccc(N(C)C)cc3)n2)s1. The van der Waals surface area contributed by atoms with Crippen molar-refractivity contribution < 1.29 is 9.59 Å². The molecule has 8 heteroatoms. The van der Waals surface area contributed by atoms with E-state index in [9.17, 15) is 9.59 Å². The zero-order valence-corrected chi connectivity index (χ0v) is 18.3. The lowest BCUT2D eigenvalue weighted by Gasteiger charge is -2.12. The number of thiophene rings is 1. The maximum Gasteiger partial charge on any atom is 0.226 e. The molecule has 2 heterocycles. The van der Waals surface area contributed by atoms with Crippen LogP contribution in [-0.2, 0) is 22.6 Å². The minimum absolute atomic E-state index is 0.0416. The maximum absolute atomic E-state index is 12.3. The number of aromatic nitrogens is 1. The number of carbonyl (C=O) groups is 2. The fourth-order valence-electron chi connectivity index (χ4n) is 2.67. The van der Waals surface area contributed by atoms with Crippen LogP contribution in [0, 0.1) is 0 Å². The first-order valence-electron chi connectivity index (χ1n) is 9.26. The van der Waals surface area contributed by atoms with Gasteiger partial charge in [0.1, 0.15) is 0 Å². The van der Waals surface area contributed by atoms with Crippen molar-refractivity contribution in [3.05, 3.63) is 52.2 Å². The Morgan fingerprint density at radius 3 is 2.55 bits per heavy atom. The van der Waals surface area contributed by atoms with Crippen LogP contribution in [-0.4, -0.2) is 30.9 Å². The van der Waals surface area contributed by atoms with Gasteiger partial charge < -0.3 is 15.5 Å². The Hall–Kier alpha value is -2.71. The van der Waals surface area contributed by atoms with Crippen molar-refractivity contribution in [1.82, 2.24) is 10.3 Å². The summed E-state index contributed by atoms with van der Waals surface area (Å²) in [6.45, 7) is 2.02. The first kappa shape index (κ1) is 21.0. The average Bonchev–Trinajstić information content (AvgIpc) is 3.34. The number of aryl methyl sites for hydroxylation is 1. The van der Waals surface area contributed by atoms with Crippen LogP contribution in [0.5, 0.6) is 0 Å². The number of nitrogens with one attached hydrogen (secondary N) is 2. The van der Waals surface area contributed by atoms with Crippen molar-refractivity contribution in [3.8, 4) is 10.6 Å². The van der Waals surface area contributed by atoms with Crippen molar-refractivity contribution >= 4 is 45.3 Å². The molecule has 0 bridgehead atoms. The standard InChI is InChI=1S/C21H24N4O2S2/c1-14(26)22-12-17-9-10-19(29-17)18-13-28-21(23-18)24-20(27)11-6-15-4-7-16(8-5-15)25(2)3/h4-5,7-10,13H,6,11-12H2,1-3H3,(H,22,26)(H,23,24,27). The second-order valence-electron chi connectivity index (χ2n) is 6.82. The number of anilines is 2. The van der Waals surface area contributed by atoms with Gasteiger partial charge in [0, 0.05) is 43.4 Å². The molecule has 0 aliphatic heterocycles. The fourth-order valence-corrected chi connectivity index (χ4v) is 4.38. The number of benzene rings is 1. The molecule has 2 N–H and O–H groups in total. The van der Waals surface area contributed by atoms with Crippen molar-refractivity contribution in [3.63, 3.8) is 0 Å². The second kappa shape index (κ2) is 9.67. The van der Waals surface area contributed by atoms with E-state index in [1.807, 2.05) is 36.5 Å². The quantitative estimate of drug-likeness (QED) is 0.565. The largest absolute Gasteiger partial charge is 0.378 e. The first-order valence-corrected chi connectivity index (χ1v) is 11.0. The van der Waals surface area contributed by atoms with Gasteiger partial charge >= 0.3 is 0 Å². The molecular weight excluding hydrogens is 404 g/mol. The number of hydrogen-bond acceptors (Lipinski definition) is 6. The third-order valence-electron chi connectivity index (χ3n) is 4.27. The number of rotatable bonds is 8. The highest BCUT2D eigenvalue weighted by atomic mass is 32.1. The number of carbonyl (C=O) groups excluding carboxylic acids is 2. The monoisotopic (exact) mass is 428 g/mol. The molecule has 0 unspecified atom stereocenters. The molecule has 3 aromatic rings. The number of thiazole rings is 1. The maximum atomic E-state index is 12.3. The molecule has 152 valence electrons. The van der Waals surface area contributed by atoms with Crippen LogP contribution in [0.25, 0.3) is 10.6 Å². The van der Waals surface area contributed by atoms with Crippen LogP contribution in [0.1, 0.15) is 23.8 Å². The first-order chi connectivity index (χ1) is 13.9. The van der Waals surface area contributed by atoms with Gasteiger partial charge in [0.2, 0.25) is 11.8 Å². The molecule has 2 amide bonds. The zero-order chi connectivity index (χ0) is 20.8. The Bertz CT molecular complexity index is 977. The summed E-state index contributed by atoms with van der Waals surface area (Å²) in [5.74, 6) is -0.0904. The minimum atomic E-state index is -0.0488. The summed E-state index contributed by atoms with van der Waals surface area (Å²) in [7, 11) is 4.01. The summed E-state index contributed by atoms with van der Waals surface area (Å²) < 4.78 is 0. The van der Waals surface area contributed by atoms with Crippen molar-refractivity contribution in [2.45, 2.75) is 26.3 Å². The predicted octanol–water partition coefficient (Wildman–Crippen LogP) is 4.15. The van der Waals surface area contributed by atoms with Crippen molar-refractivity contribution in [1.29, 1.82) is 0 Å². The molecule has 0 saturated heterocycles. The average molecular weight is 429 g/mol. The molecule has 0 spiro atoms. The van der Waals surface area contributed by atoms with Gasteiger partial charge in [-0.25, -0.2) is 4.98 Å². The second-order valence-corrected chi connectivity index (χ2v) is 8.85. The van der Waals surface area contributed by atoms with Gasteiger partial charge in [-0.05, 0) is 36.2 Å². The number of nitrogens with zero attached hydrogens (tertiary/aromatic N) is 2. The van der Waals surface area contributed by atoms with Crippen molar-refractivity contribution in [2.75, 3.05) is 24.3 Å². The fraction of sp³-hybridized carbons (Fsp3) is 0.286. The normalized spacial score (nSPS) is 10.6. The third kappa shape index (κ3) is 6.13. The lowest BCUT2D eigenvalue weighted by atomic mass is 10.1. The molecule has 1 aromatic carbocycles. The van der Waals surface area contributed by atoms with Gasteiger partial charge in [-0.2, -0.15) is 0 Å². The highest BCUT2D eigenvalue weighted by molar-refractivity contribution is 7.17. The Morgan fingerprint density at radius 1 is 1.10 bits per heavy atom. The van der Waals surface area contributed by atoms with E-state index in [2.05, 4.69) is 39.9 Å². The van der Waals surface area contributed by atoms with Crippen molar-refractivity contribution in [2.24, 2.45) is 0 Å². The highest BCUT2D eigenvalue weighted by Crippen LogP contribution is 2.30. The van der Waals surface area contributed by atoms with Gasteiger partial charge in [-0.1, -0.05) is 12.1 Å². The Labute approximate surface area is 178 Å². The van der Waals surface area contributed by atoms with Crippen LogP contribution in [0.3, 0.4) is 0 Å². The van der Waals surface area contributed by atoms with E-state index in [1.165, 1.54) is 18.3 Å². The van der Waals surface area contributed by atoms with Crippen LogP contribution < -0.4 is 15.5 Å². The molecule has 29 heavy (non-hydrogen) atoms. The summed E-state index contributed by atoms with van der Waals surface area (Å²) in [5.41, 5.74) is 3.11. The Kier molecular flexibility index (Phi) is 7.00. The van der Waals surface area contributed by atoms with E-state index in [1.54, 1.807) is 11.3 Å². The summed E-state index contributed by atoms with van der Waals surface area (Å²) in [6, 6.07) is 12.2. The topological polar surface area (TPSA) is 74.3 Å². The molecule has 0 radical (unpaired) electrons. The van der Waals surface area contributed by atoms with Gasteiger partial charge in [-0.3, -0.25) is 9.59 Å². The van der Waals surface area contributed by atoms with E-state index >= 15 is 0 Å². The van der Waals surface area contributed by atoms with Crippen LogP contribution in [0.2, 0.25) is 0 Å². The van der Waals surface area contributed by atoms with Crippen LogP contribution >= 0.6 is 22.7 Å². The lowest BCUT2D eigenvalue weighted by molar-refractivity contribution is -0.119.